The molecule has 0 aromatic heterocycles. The van der Waals surface area contributed by atoms with E-state index in [1.807, 2.05) is 13.8 Å². The van der Waals surface area contributed by atoms with E-state index in [9.17, 15) is 13.2 Å². The van der Waals surface area contributed by atoms with E-state index in [0.717, 1.165) is 0 Å². The number of hydrogen-bond donors (Lipinski definition) is 1. The van der Waals surface area contributed by atoms with E-state index in [1.165, 1.54) is 0 Å². The molecule has 1 atom stereocenters. The summed E-state index contributed by atoms with van der Waals surface area (Å²) >= 11 is 0. The van der Waals surface area contributed by atoms with Crippen molar-refractivity contribution in [3.63, 3.8) is 0 Å². The maximum absolute atomic E-state index is 11.1. The van der Waals surface area contributed by atoms with Gasteiger partial charge in [0.05, 0.1) is 6.04 Å². The third-order valence-corrected chi connectivity index (χ3v) is 2.83. The molecule has 2 N–H and O–H groups in total. The fourth-order valence-corrected chi connectivity index (χ4v) is 1.58. The van der Waals surface area contributed by atoms with Crippen molar-refractivity contribution in [3.8, 4) is 0 Å². The van der Waals surface area contributed by atoms with Gasteiger partial charge >= 0.3 is 0 Å². The lowest BCUT2D eigenvalue weighted by Gasteiger charge is -2.10. The number of sulfone groups is 1. The zero-order chi connectivity index (χ0) is 10.6. The highest BCUT2D eigenvalue weighted by molar-refractivity contribution is 8.08. The molecule has 0 rings (SSSR count). The zero-order valence-corrected chi connectivity index (χ0v) is 8.67. The van der Waals surface area contributed by atoms with Gasteiger partial charge in [0.1, 0.15) is 0 Å². The average Bonchev–Trinajstić information content (AvgIpc) is 2.01. The Kier molecular flexibility index (Phi) is 4.29. The molecule has 76 valence electrons. The number of nitrogens with two attached hydrogens (primary N) is 1. The zero-order valence-electron chi connectivity index (χ0n) is 7.86. The van der Waals surface area contributed by atoms with Crippen LogP contribution in [0.3, 0.4) is 0 Å². The number of hydrogen-bond acceptors (Lipinski definition) is 4. The van der Waals surface area contributed by atoms with E-state index in [0.29, 0.717) is 11.8 Å². The first-order chi connectivity index (χ1) is 5.81. The first-order valence-corrected chi connectivity index (χ1v) is 5.53. The van der Waals surface area contributed by atoms with Gasteiger partial charge in [0, 0.05) is 5.41 Å². The number of carbonyl (C=O) groups is 1. The topological polar surface area (TPSA) is 77.2 Å². The molecule has 0 aliphatic rings. The summed E-state index contributed by atoms with van der Waals surface area (Å²) in [5, 5.41) is -0.314. The van der Waals surface area contributed by atoms with Crippen LogP contribution < -0.4 is 5.73 Å². The first kappa shape index (κ1) is 12.3. The summed E-state index contributed by atoms with van der Waals surface area (Å²) in [6.45, 7) is 6.79. The van der Waals surface area contributed by atoms with Gasteiger partial charge in [-0.25, -0.2) is 8.42 Å². The van der Waals surface area contributed by atoms with E-state index in [1.54, 1.807) is 0 Å². The Morgan fingerprint density at radius 1 is 1.54 bits per heavy atom. The van der Waals surface area contributed by atoms with E-state index < -0.39 is 21.0 Å². The molecule has 5 heteroatoms. The van der Waals surface area contributed by atoms with Crippen LogP contribution in [-0.2, 0) is 14.6 Å². The number of rotatable bonds is 4. The normalized spacial score (nSPS) is 14.2. The fraction of sp³-hybridized carbons (Fsp3) is 0.625. The van der Waals surface area contributed by atoms with Crippen molar-refractivity contribution in [1.29, 1.82) is 0 Å². The highest BCUT2D eigenvalue weighted by Gasteiger charge is 2.25. The van der Waals surface area contributed by atoms with Crippen molar-refractivity contribution in [2.24, 2.45) is 11.7 Å². The highest BCUT2D eigenvalue weighted by atomic mass is 32.2. The minimum absolute atomic E-state index is 0.193. The van der Waals surface area contributed by atoms with Crippen molar-refractivity contribution in [1.82, 2.24) is 0 Å². The molecule has 4 nitrogen and oxygen atoms in total. The minimum atomic E-state index is -3.84. The van der Waals surface area contributed by atoms with E-state index in [2.05, 4.69) is 6.58 Å². The molecule has 0 heterocycles. The standard InChI is InChI=1S/C8H15NO3S/c1-4-13(11,12)8(10)7(9)5-6(2)3/h4,6-7H,1,5,9H2,2-3H3/t7-/m0/s1. The lowest BCUT2D eigenvalue weighted by molar-refractivity contribution is -0.113. The van der Waals surface area contributed by atoms with Gasteiger partial charge in [-0.2, -0.15) is 0 Å². The monoisotopic (exact) mass is 205 g/mol. The molecule has 0 unspecified atom stereocenters. The lowest BCUT2D eigenvalue weighted by atomic mass is 10.1. The molecule has 0 saturated carbocycles. The van der Waals surface area contributed by atoms with Gasteiger partial charge in [-0.05, 0) is 12.3 Å². The summed E-state index contributed by atoms with van der Waals surface area (Å²) in [4.78, 5) is 11.1. The van der Waals surface area contributed by atoms with Crippen LogP contribution in [0, 0.1) is 5.92 Å². The van der Waals surface area contributed by atoms with Gasteiger partial charge in [-0.1, -0.05) is 20.4 Å². The second-order valence-corrected chi connectivity index (χ2v) is 5.09. The third kappa shape index (κ3) is 3.69. The van der Waals surface area contributed by atoms with Crippen molar-refractivity contribution >= 4 is 15.0 Å². The molecule has 0 aliphatic heterocycles. The molecule has 0 spiro atoms. The molecule has 0 saturated heterocycles. The molecular formula is C8H15NO3S. The van der Waals surface area contributed by atoms with Crippen molar-refractivity contribution < 1.29 is 13.2 Å². The van der Waals surface area contributed by atoms with Gasteiger partial charge in [-0.3, -0.25) is 4.79 Å². The van der Waals surface area contributed by atoms with Gasteiger partial charge in [0.2, 0.25) is 9.84 Å². The Labute approximate surface area is 78.7 Å². The Hall–Kier alpha value is -0.680. The maximum atomic E-state index is 11.1. The highest BCUT2D eigenvalue weighted by Crippen LogP contribution is 2.07. The molecule has 13 heavy (non-hydrogen) atoms. The SMILES string of the molecule is C=CS(=O)(=O)C(=O)[C@@H](N)CC(C)C. The smallest absolute Gasteiger partial charge is 0.267 e. The van der Waals surface area contributed by atoms with Crippen LogP contribution in [0.1, 0.15) is 20.3 Å². The van der Waals surface area contributed by atoms with E-state index in [4.69, 9.17) is 5.73 Å². The van der Waals surface area contributed by atoms with Gasteiger partial charge in [0.15, 0.2) is 0 Å². The summed E-state index contributed by atoms with van der Waals surface area (Å²) in [6.07, 6.45) is 0.367. The van der Waals surface area contributed by atoms with Crippen LogP contribution >= 0.6 is 0 Å². The summed E-state index contributed by atoms with van der Waals surface area (Å²) in [5.74, 6) is 0.193. The molecule has 0 radical (unpaired) electrons. The van der Waals surface area contributed by atoms with E-state index >= 15 is 0 Å². The van der Waals surface area contributed by atoms with Crippen LogP contribution in [0.5, 0.6) is 0 Å². The second-order valence-electron chi connectivity index (χ2n) is 3.27. The van der Waals surface area contributed by atoms with Gasteiger partial charge in [0.25, 0.3) is 5.12 Å². The van der Waals surface area contributed by atoms with Crippen molar-refractivity contribution in [2.75, 3.05) is 0 Å². The molecule has 0 aliphatic carbocycles. The molecule has 0 aromatic carbocycles. The summed E-state index contributed by atoms with van der Waals surface area (Å²) in [5.41, 5.74) is 5.40. The molecule has 0 bridgehead atoms. The van der Waals surface area contributed by atoms with Crippen molar-refractivity contribution in [3.05, 3.63) is 12.0 Å². The van der Waals surface area contributed by atoms with E-state index in [-0.39, 0.29) is 5.92 Å². The van der Waals surface area contributed by atoms with Crippen LogP contribution in [-0.4, -0.2) is 19.6 Å². The fourth-order valence-electron chi connectivity index (χ4n) is 0.897. The van der Waals surface area contributed by atoms with Gasteiger partial charge < -0.3 is 5.73 Å². The quantitative estimate of drug-likeness (QED) is 0.722. The largest absolute Gasteiger partial charge is 0.321 e. The van der Waals surface area contributed by atoms with Gasteiger partial charge in [-0.15, -0.1) is 0 Å². The Balaban J connectivity index is 4.53. The average molecular weight is 205 g/mol. The molecule has 0 aromatic rings. The molecule has 0 fully saturated rings. The Morgan fingerprint density at radius 3 is 2.31 bits per heavy atom. The second kappa shape index (κ2) is 4.53. The first-order valence-electron chi connectivity index (χ1n) is 3.98. The summed E-state index contributed by atoms with van der Waals surface area (Å²) < 4.78 is 21.9. The minimum Gasteiger partial charge on any atom is -0.321 e. The van der Waals surface area contributed by atoms with Crippen LogP contribution in [0.25, 0.3) is 0 Å². The lowest BCUT2D eigenvalue weighted by Crippen LogP contribution is -2.36. The molecular weight excluding hydrogens is 190 g/mol. The predicted octanol–water partition coefficient (Wildman–Crippen LogP) is 0.445. The Bertz CT molecular complexity index is 293. The maximum Gasteiger partial charge on any atom is 0.267 e. The van der Waals surface area contributed by atoms with Crippen LogP contribution in [0.15, 0.2) is 12.0 Å². The third-order valence-electron chi connectivity index (χ3n) is 1.53. The Morgan fingerprint density at radius 2 is 2.00 bits per heavy atom. The summed E-state index contributed by atoms with van der Waals surface area (Å²) in [6, 6.07) is -0.942. The summed E-state index contributed by atoms with van der Waals surface area (Å²) in [7, 11) is -3.84. The number of carbonyl (C=O) groups excluding carboxylic acids is 1. The predicted molar refractivity (Wildman–Crippen MR) is 51.6 cm³/mol. The van der Waals surface area contributed by atoms with Crippen LogP contribution in [0.2, 0.25) is 0 Å². The molecule has 0 amide bonds. The van der Waals surface area contributed by atoms with Crippen LogP contribution in [0.4, 0.5) is 0 Å². The van der Waals surface area contributed by atoms with Crippen molar-refractivity contribution in [2.45, 2.75) is 26.3 Å².